The number of aryl methyl sites for hydroxylation is 1. The molecule has 0 amide bonds. The highest BCUT2D eigenvalue weighted by Crippen LogP contribution is 2.39. The SMILES string of the molecule is Cc1cccc(C2SC(N)=[NH+]C(c3ccc(C#N)cc3)=C2C(=O)O)c1.O=C([O-])C(F)(F)F. The van der Waals surface area contributed by atoms with Crippen molar-refractivity contribution in [3.8, 4) is 6.07 Å². The Bertz CT molecular complexity index is 1140. The van der Waals surface area contributed by atoms with E-state index in [0.717, 1.165) is 11.1 Å². The number of nitrogens with one attached hydrogen (secondary N) is 1. The second-order valence-electron chi connectivity index (χ2n) is 6.47. The molecule has 2 aromatic carbocycles. The van der Waals surface area contributed by atoms with E-state index < -0.39 is 23.4 Å². The molecule has 0 saturated carbocycles. The van der Waals surface area contributed by atoms with Crippen LogP contribution in [0.15, 0.2) is 54.1 Å². The molecule has 1 aliphatic rings. The van der Waals surface area contributed by atoms with Crippen LogP contribution in [0.4, 0.5) is 13.2 Å². The van der Waals surface area contributed by atoms with E-state index in [1.54, 1.807) is 24.3 Å². The van der Waals surface area contributed by atoms with Crippen molar-refractivity contribution in [2.75, 3.05) is 0 Å². The number of amidine groups is 1. The van der Waals surface area contributed by atoms with Crippen molar-refractivity contribution in [2.24, 2.45) is 5.73 Å². The van der Waals surface area contributed by atoms with E-state index in [1.807, 2.05) is 31.2 Å². The van der Waals surface area contributed by atoms with Crippen LogP contribution in [0.2, 0.25) is 0 Å². The third-order valence-electron chi connectivity index (χ3n) is 4.13. The molecule has 166 valence electrons. The van der Waals surface area contributed by atoms with Gasteiger partial charge in [-0.3, -0.25) is 5.73 Å². The quantitative estimate of drug-likeness (QED) is 0.613. The number of nitrogens with two attached hydrogens (primary N) is 1. The summed E-state index contributed by atoms with van der Waals surface area (Å²) in [6.07, 6.45) is -5.19. The summed E-state index contributed by atoms with van der Waals surface area (Å²) in [6, 6.07) is 16.6. The summed E-state index contributed by atoms with van der Waals surface area (Å²) in [7, 11) is 0. The lowest BCUT2D eigenvalue weighted by Crippen LogP contribution is -2.73. The highest BCUT2D eigenvalue weighted by Gasteiger charge is 2.35. The Morgan fingerprint density at radius 2 is 1.81 bits per heavy atom. The first kappa shape index (κ1) is 24.5. The summed E-state index contributed by atoms with van der Waals surface area (Å²) < 4.78 is 31.5. The molecular formula is C21H16F3N3O4S. The molecular weight excluding hydrogens is 447 g/mol. The number of thioether (sulfide) groups is 1. The lowest BCUT2D eigenvalue weighted by atomic mass is 9.97. The highest BCUT2D eigenvalue weighted by molar-refractivity contribution is 8.13. The maximum atomic E-state index is 12.0. The van der Waals surface area contributed by atoms with E-state index in [1.165, 1.54) is 11.8 Å². The second kappa shape index (κ2) is 10.0. The summed E-state index contributed by atoms with van der Waals surface area (Å²) in [4.78, 5) is 23.8. The molecule has 0 bridgehead atoms. The van der Waals surface area contributed by atoms with Gasteiger partial charge in [0.25, 0.3) is 0 Å². The molecule has 3 rings (SSSR count). The molecule has 4 N–H and O–H groups in total. The molecule has 1 atom stereocenters. The molecule has 1 aliphatic heterocycles. The summed E-state index contributed by atoms with van der Waals surface area (Å²) >= 11 is 1.28. The fourth-order valence-corrected chi connectivity index (χ4v) is 3.80. The fourth-order valence-electron chi connectivity index (χ4n) is 2.76. The zero-order valence-electron chi connectivity index (χ0n) is 16.4. The lowest BCUT2D eigenvalue weighted by Gasteiger charge is -2.21. The Morgan fingerprint density at radius 1 is 1.22 bits per heavy atom. The minimum atomic E-state index is -5.19. The van der Waals surface area contributed by atoms with Crippen LogP contribution in [0.5, 0.6) is 0 Å². The van der Waals surface area contributed by atoms with E-state index in [-0.39, 0.29) is 5.57 Å². The number of carboxylic acid groups (broad SMARTS) is 2. The Labute approximate surface area is 184 Å². The van der Waals surface area contributed by atoms with Gasteiger partial charge in [-0.1, -0.05) is 29.8 Å². The molecule has 0 fully saturated rings. The number of hydrogen-bond acceptors (Lipinski definition) is 6. The van der Waals surface area contributed by atoms with Crippen molar-refractivity contribution in [1.82, 2.24) is 0 Å². The van der Waals surface area contributed by atoms with E-state index in [0.29, 0.717) is 22.0 Å². The van der Waals surface area contributed by atoms with E-state index in [4.69, 9.17) is 20.9 Å². The molecule has 0 spiro atoms. The van der Waals surface area contributed by atoms with Gasteiger partial charge < -0.3 is 15.0 Å². The normalized spacial score (nSPS) is 15.7. The van der Waals surface area contributed by atoms with E-state index in [2.05, 4.69) is 11.1 Å². The van der Waals surface area contributed by atoms with E-state index >= 15 is 0 Å². The lowest BCUT2D eigenvalue weighted by molar-refractivity contribution is -0.344. The number of carbonyl (C=O) groups excluding carboxylic acids is 1. The van der Waals surface area contributed by atoms with Gasteiger partial charge in [0.05, 0.1) is 16.9 Å². The van der Waals surface area contributed by atoms with Crippen molar-refractivity contribution in [2.45, 2.75) is 18.3 Å². The molecule has 0 aromatic heterocycles. The van der Waals surface area contributed by atoms with Crippen molar-refractivity contribution >= 4 is 34.6 Å². The zero-order chi connectivity index (χ0) is 24.1. The molecule has 1 unspecified atom stereocenters. The van der Waals surface area contributed by atoms with Crippen LogP contribution in [0.3, 0.4) is 0 Å². The Morgan fingerprint density at radius 3 is 2.28 bits per heavy atom. The number of aliphatic carboxylic acids is 2. The number of rotatable bonds is 3. The molecule has 0 radical (unpaired) electrons. The predicted molar refractivity (Wildman–Crippen MR) is 108 cm³/mol. The standard InChI is InChI=1S/C19H15N3O2S.C2HF3O2/c1-11-3-2-4-14(9-11)17-15(18(23)24)16(22-19(21)25-17)13-7-5-12(10-20)6-8-13;3-2(4,5)1(6)7/h2-9,17H,1H3,(H2,21,22)(H,23,24);(H,6,7). The largest absolute Gasteiger partial charge is 0.542 e. The maximum absolute atomic E-state index is 12.0. The summed E-state index contributed by atoms with van der Waals surface area (Å²) in [5.74, 6) is -4.01. The number of benzene rings is 2. The van der Waals surface area contributed by atoms with Gasteiger partial charge in [0, 0.05) is 5.56 Å². The molecule has 32 heavy (non-hydrogen) atoms. The summed E-state index contributed by atoms with van der Waals surface area (Å²) in [6.45, 7) is 1.97. The van der Waals surface area contributed by atoms with E-state index in [9.17, 15) is 23.1 Å². The van der Waals surface area contributed by atoms with Crippen LogP contribution in [-0.4, -0.2) is 28.4 Å². The van der Waals surface area contributed by atoms with Gasteiger partial charge in [0.15, 0.2) is 0 Å². The van der Waals surface area contributed by atoms with Gasteiger partial charge in [-0.05, 0) is 48.5 Å². The second-order valence-corrected chi connectivity index (χ2v) is 7.62. The van der Waals surface area contributed by atoms with Crippen LogP contribution in [0.25, 0.3) is 5.70 Å². The third-order valence-corrected chi connectivity index (χ3v) is 5.23. The monoisotopic (exact) mass is 463 g/mol. The first-order valence-electron chi connectivity index (χ1n) is 8.83. The van der Waals surface area contributed by atoms with Crippen LogP contribution in [-0.2, 0) is 9.59 Å². The van der Waals surface area contributed by atoms with Gasteiger partial charge in [0.1, 0.15) is 17.2 Å². The number of nitrogens with zero attached hydrogens (tertiary/aromatic N) is 1. The molecule has 1 heterocycles. The Hall–Kier alpha value is -3.78. The molecule has 7 nitrogen and oxygen atoms in total. The molecule has 0 saturated heterocycles. The van der Waals surface area contributed by atoms with Crippen molar-refractivity contribution < 1.29 is 38.0 Å². The predicted octanol–water partition coefficient (Wildman–Crippen LogP) is 0.844. The van der Waals surface area contributed by atoms with Crippen LogP contribution >= 0.6 is 11.8 Å². The number of alkyl halides is 3. The average Bonchev–Trinajstić information content (AvgIpc) is 2.72. The van der Waals surface area contributed by atoms with Gasteiger partial charge in [-0.15, -0.1) is 0 Å². The van der Waals surface area contributed by atoms with Crippen LogP contribution in [0, 0.1) is 18.3 Å². The number of hydrogen-bond donors (Lipinski definition) is 3. The summed E-state index contributed by atoms with van der Waals surface area (Å²) in [5.41, 5.74) is 9.87. The van der Waals surface area contributed by atoms with Gasteiger partial charge in [-0.25, -0.2) is 9.79 Å². The van der Waals surface area contributed by atoms with Crippen LogP contribution in [0.1, 0.15) is 27.5 Å². The van der Waals surface area contributed by atoms with Gasteiger partial charge in [-0.2, -0.15) is 18.4 Å². The first-order valence-corrected chi connectivity index (χ1v) is 9.70. The number of carboxylic acids is 2. The van der Waals surface area contributed by atoms with Crippen LogP contribution < -0.4 is 15.8 Å². The highest BCUT2D eigenvalue weighted by atomic mass is 32.2. The number of nitriles is 1. The van der Waals surface area contributed by atoms with Crippen molar-refractivity contribution in [3.63, 3.8) is 0 Å². The molecule has 11 heteroatoms. The van der Waals surface area contributed by atoms with Crippen molar-refractivity contribution in [3.05, 3.63) is 76.4 Å². The Kier molecular flexibility index (Phi) is 7.67. The smallest absolute Gasteiger partial charge is 0.430 e. The summed E-state index contributed by atoms with van der Waals surface area (Å²) in [5, 5.41) is 27.6. The average molecular weight is 463 g/mol. The van der Waals surface area contributed by atoms with Gasteiger partial charge >= 0.3 is 17.3 Å². The first-order chi connectivity index (χ1) is 14.9. The number of carbonyl (C=O) groups is 2. The number of halogens is 3. The zero-order valence-corrected chi connectivity index (χ0v) is 17.3. The molecule has 2 aromatic rings. The van der Waals surface area contributed by atoms with Crippen molar-refractivity contribution in [1.29, 1.82) is 5.26 Å². The minimum absolute atomic E-state index is 0.245. The molecule has 0 aliphatic carbocycles. The maximum Gasteiger partial charge on any atom is 0.430 e. The van der Waals surface area contributed by atoms with Gasteiger partial charge in [0.2, 0.25) is 0 Å². The Balaban J connectivity index is 0.000000451. The topological polar surface area (TPSA) is 141 Å². The fraction of sp³-hybridized carbons (Fsp3) is 0.143. The third kappa shape index (κ3) is 6.12. The minimum Gasteiger partial charge on any atom is -0.542 e.